The summed E-state index contributed by atoms with van der Waals surface area (Å²) in [5.41, 5.74) is 3.12. The summed E-state index contributed by atoms with van der Waals surface area (Å²) in [6.45, 7) is -0.240. The van der Waals surface area contributed by atoms with E-state index in [1.807, 2.05) is 0 Å². The predicted molar refractivity (Wildman–Crippen MR) is 73.4 cm³/mol. The molecule has 0 aliphatic carbocycles. The van der Waals surface area contributed by atoms with Crippen LogP contribution in [0.2, 0.25) is 0 Å². The summed E-state index contributed by atoms with van der Waals surface area (Å²) in [5.74, 6) is 0.272. The molecule has 0 spiro atoms. The Balaban J connectivity index is 2.42. The van der Waals surface area contributed by atoms with Crippen LogP contribution in [0, 0.1) is 0 Å². The Morgan fingerprint density at radius 3 is 2.55 bits per heavy atom. The van der Waals surface area contributed by atoms with Crippen molar-refractivity contribution in [3.05, 3.63) is 40.1 Å². The number of rotatable bonds is 3. The zero-order valence-electron chi connectivity index (χ0n) is 11.8. The average molecular weight is 314 g/mol. The lowest BCUT2D eigenvalue weighted by Gasteiger charge is -2.13. The Morgan fingerprint density at radius 2 is 1.95 bits per heavy atom. The van der Waals surface area contributed by atoms with E-state index in [1.165, 1.54) is 6.20 Å². The van der Waals surface area contributed by atoms with Crippen molar-refractivity contribution in [3.8, 4) is 0 Å². The molecule has 0 radical (unpaired) electrons. The molecule has 2 rings (SSSR count). The largest absolute Gasteiger partial charge is 0.421 e. The number of hydrogen-bond acceptors (Lipinski definition) is 6. The fourth-order valence-corrected chi connectivity index (χ4v) is 1.73. The van der Waals surface area contributed by atoms with Crippen LogP contribution in [0.3, 0.4) is 0 Å². The summed E-state index contributed by atoms with van der Waals surface area (Å²) in [6.07, 6.45) is -3.49. The molecule has 2 heterocycles. The molecule has 10 heteroatoms. The molecule has 0 aliphatic rings. The molecule has 0 aromatic carbocycles. The maximum Gasteiger partial charge on any atom is 0.421 e. The zero-order valence-corrected chi connectivity index (χ0v) is 11.8. The first-order valence-corrected chi connectivity index (χ1v) is 6.13. The summed E-state index contributed by atoms with van der Waals surface area (Å²) in [4.78, 5) is 25.2. The topological polar surface area (TPSA) is 89.9 Å². The number of alkyl halides is 3. The molecule has 2 N–H and O–H groups in total. The summed E-state index contributed by atoms with van der Waals surface area (Å²) in [7, 11) is 3.35. The molecule has 118 valence electrons. The number of pyridine rings is 1. The third-order valence-corrected chi connectivity index (χ3v) is 2.72. The predicted octanol–water partition coefficient (Wildman–Crippen LogP) is 0.749. The number of nitrogens with zero attached hydrogens (tertiary/aromatic N) is 5. The van der Waals surface area contributed by atoms with Gasteiger partial charge in [0, 0.05) is 20.3 Å². The van der Waals surface area contributed by atoms with Crippen LogP contribution in [-0.2, 0) is 12.7 Å². The fraction of sp³-hybridized carbons (Fsp3) is 0.333. The highest BCUT2D eigenvalue weighted by molar-refractivity contribution is 5.32. The van der Waals surface area contributed by atoms with Gasteiger partial charge in [0.25, 0.3) is 5.56 Å². The Hall–Kier alpha value is -2.65. The van der Waals surface area contributed by atoms with Crippen molar-refractivity contribution in [1.82, 2.24) is 19.5 Å². The molecule has 7 nitrogen and oxygen atoms in total. The van der Waals surface area contributed by atoms with E-state index in [-0.39, 0.29) is 24.3 Å². The second kappa shape index (κ2) is 5.62. The first-order valence-electron chi connectivity index (χ1n) is 6.13. The van der Waals surface area contributed by atoms with Crippen LogP contribution in [-0.4, -0.2) is 33.6 Å². The Kier molecular flexibility index (Phi) is 4.02. The van der Waals surface area contributed by atoms with Crippen molar-refractivity contribution in [2.75, 3.05) is 24.7 Å². The van der Waals surface area contributed by atoms with Crippen LogP contribution in [0.25, 0.3) is 0 Å². The lowest BCUT2D eigenvalue weighted by molar-refractivity contribution is -0.138. The first kappa shape index (κ1) is 15.7. The van der Waals surface area contributed by atoms with Crippen molar-refractivity contribution in [2.45, 2.75) is 12.7 Å². The first-order chi connectivity index (χ1) is 10.2. The molecule has 2 aromatic rings. The minimum absolute atomic E-state index is 0.0753. The average Bonchev–Trinajstić information content (AvgIpc) is 2.39. The van der Waals surface area contributed by atoms with E-state index in [4.69, 9.17) is 5.73 Å². The smallest absolute Gasteiger partial charge is 0.368 e. The Bertz CT molecular complexity index is 740. The van der Waals surface area contributed by atoms with Crippen LogP contribution < -0.4 is 16.2 Å². The second-order valence-electron chi connectivity index (χ2n) is 4.66. The lowest BCUT2D eigenvalue weighted by Crippen LogP contribution is -2.29. The molecule has 2 aromatic heterocycles. The van der Waals surface area contributed by atoms with Gasteiger partial charge in [-0.3, -0.25) is 4.79 Å². The van der Waals surface area contributed by atoms with E-state index < -0.39 is 17.3 Å². The number of nitrogens with two attached hydrogens (primary N) is 1. The van der Waals surface area contributed by atoms with Gasteiger partial charge in [0.1, 0.15) is 5.56 Å². The van der Waals surface area contributed by atoms with Gasteiger partial charge in [0.05, 0.1) is 6.54 Å². The van der Waals surface area contributed by atoms with Gasteiger partial charge >= 0.3 is 6.18 Å². The summed E-state index contributed by atoms with van der Waals surface area (Å²) < 4.78 is 39.0. The van der Waals surface area contributed by atoms with Gasteiger partial charge in [-0.15, -0.1) is 0 Å². The van der Waals surface area contributed by atoms with Crippen molar-refractivity contribution in [3.63, 3.8) is 0 Å². The van der Waals surface area contributed by atoms with Gasteiger partial charge in [-0.05, 0) is 12.1 Å². The molecule has 0 atom stereocenters. The van der Waals surface area contributed by atoms with Gasteiger partial charge in [-0.25, -0.2) is 0 Å². The van der Waals surface area contributed by atoms with E-state index in [0.717, 1.165) is 16.7 Å². The van der Waals surface area contributed by atoms with E-state index in [9.17, 15) is 18.0 Å². The highest BCUT2D eigenvalue weighted by Gasteiger charge is 2.34. The molecular formula is C12H13F3N6O. The maximum absolute atomic E-state index is 12.7. The van der Waals surface area contributed by atoms with E-state index in [0.29, 0.717) is 0 Å². The molecule has 0 fully saturated rings. The molecule has 0 saturated heterocycles. The lowest BCUT2D eigenvalue weighted by atomic mass is 10.2. The molecule has 0 saturated carbocycles. The Labute approximate surface area is 123 Å². The molecule has 22 heavy (non-hydrogen) atoms. The van der Waals surface area contributed by atoms with Crippen LogP contribution >= 0.6 is 0 Å². The quantitative estimate of drug-likeness (QED) is 0.899. The van der Waals surface area contributed by atoms with Gasteiger partial charge in [0.15, 0.2) is 5.82 Å². The van der Waals surface area contributed by atoms with E-state index in [2.05, 4.69) is 15.0 Å². The summed E-state index contributed by atoms with van der Waals surface area (Å²) in [6, 6.07) is 1.87. The molecule has 0 amide bonds. The fourth-order valence-electron chi connectivity index (χ4n) is 1.73. The van der Waals surface area contributed by atoms with Crippen LogP contribution in [0.1, 0.15) is 11.4 Å². The van der Waals surface area contributed by atoms with Gasteiger partial charge in [-0.1, -0.05) is 0 Å². The number of aromatic nitrogens is 4. The summed E-state index contributed by atoms with van der Waals surface area (Å²) in [5, 5.41) is 0. The van der Waals surface area contributed by atoms with Crippen molar-refractivity contribution < 1.29 is 13.2 Å². The third-order valence-electron chi connectivity index (χ3n) is 2.72. The minimum atomic E-state index is -4.72. The van der Waals surface area contributed by atoms with E-state index >= 15 is 0 Å². The zero-order chi connectivity index (χ0) is 16.5. The van der Waals surface area contributed by atoms with Crippen LogP contribution in [0.5, 0.6) is 0 Å². The molecule has 0 unspecified atom stereocenters. The standard InChI is InChI=1S/C12H13F3N6O/c1-20(2)11-18-8(17-10(16)19-11)6-21-5-3-4-7(9(21)22)12(13,14)15/h3-5H,6H2,1-2H3,(H2,16,17,18,19). The normalized spacial score (nSPS) is 11.5. The molecule has 0 bridgehead atoms. The highest BCUT2D eigenvalue weighted by atomic mass is 19.4. The Morgan fingerprint density at radius 1 is 1.27 bits per heavy atom. The van der Waals surface area contributed by atoms with E-state index in [1.54, 1.807) is 19.0 Å². The van der Waals surface area contributed by atoms with Crippen molar-refractivity contribution in [2.24, 2.45) is 0 Å². The second-order valence-corrected chi connectivity index (χ2v) is 4.66. The molecule has 0 aliphatic heterocycles. The monoisotopic (exact) mass is 314 g/mol. The SMILES string of the molecule is CN(C)c1nc(N)nc(Cn2cccc(C(F)(F)F)c2=O)n1. The van der Waals surface area contributed by atoms with Crippen molar-refractivity contribution >= 4 is 11.9 Å². The highest BCUT2D eigenvalue weighted by Crippen LogP contribution is 2.26. The summed E-state index contributed by atoms with van der Waals surface area (Å²) >= 11 is 0. The minimum Gasteiger partial charge on any atom is -0.368 e. The van der Waals surface area contributed by atoms with Gasteiger partial charge in [0.2, 0.25) is 11.9 Å². The number of nitrogen functional groups attached to an aromatic ring is 1. The van der Waals surface area contributed by atoms with Crippen LogP contribution in [0.15, 0.2) is 23.1 Å². The molecular weight excluding hydrogens is 301 g/mol. The number of halogens is 3. The van der Waals surface area contributed by atoms with Crippen LogP contribution in [0.4, 0.5) is 25.1 Å². The van der Waals surface area contributed by atoms with Gasteiger partial charge < -0.3 is 15.2 Å². The van der Waals surface area contributed by atoms with Gasteiger partial charge in [-0.2, -0.15) is 28.1 Å². The number of hydrogen-bond donors (Lipinski definition) is 1. The number of anilines is 2. The van der Waals surface area contributed by atoms with Crippen molar-refractivity contribution in [1.29, 1.82) is 0 Å². The maximum atomic E-state index is 12.7. The third kappa shape index (κ3) is 3.32.